The molecule has 5 heteroatoms. The van der Waals surface area contributed by atoms with Crippen LogP contribution in [-0.4, -0.2) is 34.7 Å². The summed E-state index contributed by atoms with van der Waals surface area (Å²) >= 11 is 0. The van der Waals surface area contributed by atoms with Gasteiger partial charge >= 0.3 is 6.09 Å². The molecule has 1 unspecified atom stereocenters. The molecule has 0 saturated carbocycles. The van der Waals surface area contributed by atoms with E-state index in [0.29, 0.717) is 19.6 Å². The van der Waals surface area contributed by atoms with Crippen molar-refractivity contribution in [1.82, 2.24) is 9.88 Å². The molecule has 1 atom stereocenters. The van der Waals surface area contributed by atoms with Gasteiger partial charge in [0.15, 0.2) is 0 Å². The largest absolute Gasteiger partial charge is 0.444 e. The summed E-state index contributed by atoms with van der Waals surface area (Å²) in [6.45, 7) is 7.47. The number of aromatic nitrogens is 1. The van der Waals surface area contributed by atoms with Crippen LogP contribution in [0.15, 0.2) is 18.3 Å². The monoisotopic (exact) mass is 277 g/mol. The minimum absolute atomic E-state index is 0.245. The van der Waals surface area contributed by atoms with Crippen molar-refractivity contribution >= 4 is 6.09 Å². The molecule has 1 aliphatic heterocycles. The fourth-order valence-corrected chi connectivity index (χ4v) is 2.47. The number of nitrogens with two attached hydrogens (primary N) is 1. The summed E-state index contributed by atoms with van der Waals surface area (Å²) in [7, 11) is 0. The van der Waals surface area contributed by atoms with E-state index in [-0.39, 0.29) is 12.0 Å². The first-order valence-electron chi connectivity index (χ1n) is 7.02. The van der Waals surface area contributed by atoms with E-state index in [2.05, 4.69) is 4.98 Å². The first-order chi connectivity index (χ1) is 9.40. The highest BCUT2D eigenvalue weighted by molar-refractivity contribution is 5.68. The Hall–Kier alpha value is -1.62. The van der Waals surface area contributed by atoms with Crippen LogP contribution in [0.2, 0.25) is 0 Å². The van der Waals surface area contributed by atoms with Gasteiger partial charge in [0.1, 0.15) is 5.60 Å². The van der Waals surface area contributed by atoms with Crippen LogP contribution in [-0.2, 0) is 11.3 Å². The van der Waals surface area contributed by atoms with E-state index in [0.717, 1.165) is 17.7 Å². The number of hydrogen-bond acceptors (Lipinski definition) is 4. The van der Waals surface area contributed by atoms with Crippen molar-refractivity contribution in [3.63, 3.8) is 0 Å². The molecule has 1 aromatic heterocycles. The molecule has 0 spiro atoms. The van der Waals surface area contributed by atoms with Gasteiger partial charge in [-0.15, -0.1) is 0 Å². The number of carbonyl (C=O) groups excluding carboxylic acids is 1. The Balaban J connectivity index is 2.04. The van der Waals surface area contributed by atoms with Gasteiger partial charge < -0.3 is 15.4 Å². The van der Waals surface area contributed by atoms with Crippen molar-refractivity contribution < 1.29 is 9.53 Å². The Bertz CT molecular complexity index is 482. The van der Waals surface area contributed by atoms with Crippen molar-refractivity contribution in [3.8, 4) is 0 Å². The highest BCUT2D eigenvalue weighted by Gasteiger charge is 2.31. The predicted molar refractivity (Wildman–Crippen MR) is 77.3 cm³/mol. The van der Waals surface area contributed by atoms with Crippen molar-refractivity contribution in [2.45, 2.75) is 45.3 Å². The summed E-state index contributed by atoms with van der Waals surface area (Å²) in [5, 5.41) is 0. The normalized spacial score (nSPS) is 19.2. The molecule has 0 bridgehead atoms. The molecule has 0 aliphatic carbocycles. The topological polar surface area (TPSA) is 68.5 Å². The van der Waals surface area contributed by atoms with Crippen LogP contribution in [0, 0.1) is 0 Å². The minimum atomic E-state index is -0.456. The van der Waals surface area contributed by atoms with E-state index in [9.17, 15) is 4.79 Å². The summed E-state index contributed by atoms with van der Waals surface area (Å²) in [6.07, 6.45) is 2.44. The Labute approximate surface area is 120 Å². The lowest BCUT2D eigenvalue weighted by atomic mass is 9.99. The van der Waals surface area contributed by atoms with Crippen molar-refractivity contribution in [3.05, 3.63) is 29.6 Å². The van der Waals surface area contributed by atoms with E-state index in [4.69, 9.17) is 10.5 Å². The summed E-state index contributed by atoms with van der Waals surface area (Å²) in [5.74, 6) is 0.252. The third-order valence-corrected chi connectivity index (χ3v) is 3.37. The number of amides is 1. The van der Waals surface area contributed by atoms with Crippen LogP contribution >= 0.6 is 0 Å². The quantitative estimate of drug-likeness (QED) is 0.900. The Morgan fingerprint density at radius 3 is 2.95 bits per heavy atom. The maximum absolute atomic E-state index is 12.1. The number of nitrogens with zero attached hydrogens (tertiary/aromatic N) is 2. The van der Waals surface area contributed by atoms with Crippen molar-refractivity contribution in [2.75, 3.05) is 13.1 Å². The lowest BCUT2D eigenvalue weighted by Gasteiger charge is -2.24. The molecular formula is C15H23N3O2. The molecule has 2 heterocycles. The van der Waals surface area contributed by atoms with Gasteiger partial charge in [-0.2, -0.15) is 0 Å². The third kappa shape index (κ3) is 3.48. The highest BCUT2D eigenvalue weighted by Crippen LogP contribution is 2.28. The molecule has 110 valence electrons. The SMILES string of the molecule is CC(C)(C)OC(=O)N1CCC(c2ncccc2CN)C1. The number of rotatable bonds is 2. The second-order valence-electron chi connectivity index (χ2n) is 6.16. The third-order valence-electron chi connectivity index (χ3n) is 3.37. The van der Waals surface area contributed by atoms with Gasteiger partial charge in [0, 0.05) is 37.4 Å². The van der Waals surface area contributed by atoms with Crippen LogP contribution in [0.4, 0.5) is 4.79 Å². The zero-order valence-electron chi connectivity index (χ0n) is 12.4. The van der Waals surface area contributed by atoms with E-state index >= 15 is 0 Å². The van der Waals surface area contributed by atoms with Gasteiger partial charge in [-0.05, 0) is 38.8 Å². The zero-order chi connectivity index (χ0) is 14.8. The van der Waals surface area contributed by atoms with Crippen LogP contribution in [0.25, 0.3) is 0 Å². The summed E-state index contributed by atoms with van der Waals surface area (Å²) < 4.78 is 5.40. The second kappa shape index (κ2) is 5.79. The standard InChI is InChI=1S/C15H23N3O2/c1-15(2,3)20-14(19)18-8-6-12(10-18)13-11(9-16)5-4-7-17-13/h4-5,7,12H,6,8-10,16H2,1-3H3. The van der Waals surface area contributed by atoms with E-state index < -0.39 is 5.60 Å². The summed E-state index contributed by atoms with van der Waals surface area (Å²) in [6, 6.07) is 3.89. The minimum Gasteiger partial charge on any atom is -0.444 e. The molecule has 1 aliphatic rings. The van der Waals surface area contributed by atoms with E-state index in [1.165, 1.54) is 0 Å². The van der Waals surface area contributed by atoms with Crippen LogP contribution < -0.4 is 5.73 Å². The van der Waals surface area contributed by atoms with Gasteiger partial charge in [0.05, 0.1) is 0 Å². The fourth-order valence-electron chi connectivity index (χ4n) is 2.47. The Kier molecular flexibility index (Phi) is 4.28. The average molecular weight is 277 g/mol. The Morgan fingerprint density at radius 2 is 2.30 bits per heavy atom. The fraction of sp³-hybridized carbons (Fsp3) is 0.600. The number of likely N-dealkylation sites (tertiary alicyclic amines) is 1. The number of ether oxygens (including phenoxy) is 1. The first-order valence-corrected chi connectivity index (χ1v) is 7.02. The molecule has 2 N–H and O–H groups in total. The number of carbonyl (C=O) groups is 1. The molecule has 1 fully saturated rings. The van der Waals surface area contributed by atoms with Crippen LogP contribution in [0.5, 0.6) is 0 Å². The molecular weight excluding hydrogens is 254 g/mol. The number of hydrogen-bond donors (Lipinski definition) is 1. The van der Waals surface area contributed by atoms with E-state index in [1.807, 2.05) is 32.9 Å². The highest BCUT2D eigenvalue weighted by atomic mass is 16.6. The smallest absolute Gasteiger partial charge is 0.410 e. The lowest BCUT2D eigenvalue weighted by Crippen LogP contribution is -2.35. The first kappa shape index (κ1) is 14.8. The molecule has 5 nitrogen and oxygen atoms in total. The zero-order valence-corrected chi connectivity index (χ0v) is 12.4. The van der Waals surface area contributed by atoms with Crippen LogP contribution in [0.1, 0.15) is 44.4 Å². The van der Waals surface area contributed by atoms with Crippen molar-refractivity contribution in [2.24, 2.45) is 5.73 Å². The van der Waals surface area contributed by atoms with E-state index in [1.54, 1.807) is 11.1 Å². The average Bonchev–Trinajstić information content (AvgIpc) is 2.86. The number of pyridine rings is 1. The van der Waals surface area contributed by atoms with Gasteiger partial charge in [-0.3, -0.25) is 4.98 Å². The molecule has 2 rings (SSSR count). The lowest BCUT2D eigenvalue weighted by molar-refractivity contribution is 0.0292. The predicted octanol–water partition coefficient (Wildman–Crippen LogP) is 2.26. The van der Waals surface area contributed by atoms with Gasteiger partial charge in [0.25, 0.3) is 0 Å². The molecule has 1 amide bonds. The molecule has 0 aromatic carbocycles. The second-order valence-corrected chi connectivity index (χ2v) is 6.16. The Morgan fingerprint density at radius 1 is 1.55 bits per heavy atom. The maximum atomic E-state index is 12.1. The maximum Gasteiger partial charge on any atom is 0.410 e. The van der Waals surface area contributed by atoms with Gasteiger partial charge in [-0.1, -0.05) is 6.07 Å². The van der Waals surface area contributed by atoms with Crippen molar-refractivity contribution in [1.29, 1.82) is 0 Å². The molecule has 0 radical (unpaired) electrons. The van der Waals surface area contributed by atoms with Gasteiger partial charge in [-0.25, -0.2) is 4.79 Å². The summed E-state index contributed by atoms with van der Waals surface area (Å²) in [4.78, 5) is 18.2. The van der Waals surface area contributed by atoms with Crippen LogP contribution in [0.3, 0.4) is 0 Å². The molecule has 1 aromatic rings. The molecule has 1 saturated heterocycles. The molecule has 20 heavy (non-hydrogen) atoms. The van der Waals surface area contributed by atoms with Gasteiger partial charge in [0.2, 0.25) is 0 Å². The summed E-state index contributed by atoms with van der Waals surface area (Å²) in [5.41, 5.74) is 7.37.